The van der Waals surface area contributed by atoms with Crippen molar-refractivity contribution in [1.82, 2.24) is 10.6 Å². The van der Waals surface area contributed by atoms with Crippen LogP contribution in [0.2, 0.25) is 0 Å². The van der Waals surface area contributed by atoms with Gasteiger partial charge in [-0.05, 0) is 42.7 Å². The Bertz CT molecular complexity index is 653. The monoisotopic (exact) mass is 376 g/mol. The molecule has 0 unspecified atom stereocenters. The molecule has 0 aromatic heterocycles. The van der Waals surface area contributed by atoms with Crippen LogP contribution in [-0.2, 0) is 22.4 Å². The van der Waals surface area contributed by atoms with Crippen molar-refractivity contribution in [2.45, 2.75) is 51.5 Å². The summed E-state index contributed by atoms with van der Waals surface area (Å²) in [5.41, 5.74) is 2.38. The van der Waals surface area contributed by atoms with Crippen LogP contribution < -0.4 is 10.6 Å². The van der Waals surface area contributed by atoms with E-state index >= 15 is 0 Å². The zero-order valence-corrected chi connectivity index (χ0v) is 15.9. The van der Waals surface area contributed by atoms with Crippen molar-refractivity contribution < 1.29 is 24.7 Å². The number of aliphatic hydroxyl groups excluding tert-OH is 1. The van der Waals surface area contributed by atoms with E-state index in [1.807, 2.05) is 32.0 Å². The van der Waals surface area contributed by atoms with Crippen molar-refractivity contribution in [3.05, 3.63) is 35.4 Å². The van der Waals surface area contributed by atoms with Gasteiger partial charge in [-0.15, -0.1) is 0 Å². The fraction of sp³-hybridized carbons (Fsp3) is 0.579. The highest BCUT2D eigenvalue weighted by Crippen LogP contribution is 2.25. The van der Waals surface area contributed by atoms with Crippen molar-refractivity contribution >= 4 is 18.9 Å². The lowest BCUT2D eigenvalue weighted by molar-refractivity contribution is -0.132. The molecule has 5 N–H and O–H groups in total. The molecular weight excluding hydrogens is 347 g/mol. The molecule has 2 amide bonds. The first-order chi connectivity index (χ1) is 12.8. The molecule has 0 aliphatic heterocycles. The molecule has 0 fully saturated rings. The van der Waals surface area contributed by atoms with Gasteiger partial charge in [-0.25, -0.2) is 0 Å². The van der Waals surface area contributed by atoms with Crippen molar-refractivity contribution in [2.75, 3.05) is 6.61 Å². The quantitative estimate of drug-likeness (QED) is 0.403. The second-order valence-corrected chi connectivity index (χ2v) is 7.61. The molecule has 0 heterocycles. The van der Waals surface area contributed by atoms with Gasteiger partial charge in [0.15, 0.2) is 0 Å². The Balaban J connectivity index is 1.95. The van der Waals surface area contributed by atoms with E-state index in [4.69, 9.17) is 0 Å². The van der Waals surface area contributed by atoms with E-state index in [9.17, 15) is 24.7 Å². The Morgan fingerprint density at radius 2 is 1.85 bits per heavy atom. The van der Waals surface area contributed by atoms with Crippen LogP contribution >= 0.6 is 0 Å². The third-order valence-electron chi connectivity index (χ3n) is 4.95. The van der Waals surface area contributed by atoms with Crippen LogP contribution in [-0.4, -0.2) is 52.7 Å². The molecule has 1 aromatic rings. The number of aryl methyl sites for hydroxylation is 1. The standard InChI is InChI=1S/C19H29BN2O5/c1-12(2)9-17(20(26)27)22-19(25)16(11-23)21-18(24)15-8-7-13-5-3-4-6-14(13)10-15/h3-6,12,15-17,23,26-27H,7-11H2,1-2H3,(H,21,24)(H,22,25)/t15-,16-,17-/m0/s1. The van der Waals surface area contributed by atoms with E-state index in [-0.39, 0.29) is 17.7 Å². The van der Waals surface area contributed by atoms with Gasteiger partial charge in [-0.1, -0.05) is 38.1 Å². The predicted molar refractivity (Wildman–Crippen MR) is 103 cm³/mol. The van der Waals surface area contributed by atoms with Crippen molar-refractivity contribution in [2.24, 2.45) is 11.8 Å². The molecule has 7 nitrogen and oxygen atoms in total. The lowest BCUT2D eigenvalue weighted by atomic mass is 9.75. The highest BCUT2D eigenvalue weighted by Gasteiger charge is 2.31. The first-order valence-corrected chi connectivity index (χ1v) is 9.46. The van der Waals surface area contributed by atoms with Crippen LogP contribution in [0.25, 0.3) is 0 Å². The molecule has 0 saturated carbocycles. The van der Waals surface area contributed by atoms with Gasteiger partial charge < -0.3 is 25.8 Å². The van der Waals surface area contributed by atoms with Crippen molar-refractivity contribution in [1.29, 1.82) is 0 Å². The topological polar surface area (TPSA) is 119 Å². The second kappa shape index (κ2) is 9.87. The van der Waals surface area contributed by atoms with E-state index in [2.05, 4.69) is 16.7 Å². The summed E-state index contributed by atoms with van der Waals surface area (Å²) in [7, 11) is -1.71. The van der Waals surface area contributed by atoms with E-state index < -0.39 is 31.6 Å². The number of hydrogen-bond donors (Lipinski definition) is 5. The lowest BCUT2D eigenvalue weighted by Crippen LogP contribution is -2.56. The number of hydrogen-bond acceptors (Lipinski definition) is 5. The number of rotatable bonds is 8. The number of carbonyl (C=O) groups excluding carboxylic acids is 2. The number of carbonyl (C=O) groups is 2. The van der Waals surface area contributed by atoms with Crippen molar-refractivity contribution in [3.8, 4) is 0 Å². The van der Waals surface area contributed by atoms with Crippen LogP contribution in [0.15, 0.2) is 24.3 Å². The number of benzene rings is 1. The molecule has 0 saturated heterocycles. The number of amides is 2. The zero-order chi connectivity index (χ0) is 20.0. The first-order valence-electron chi connectivity index (χ1n) is 9.46. The maximum Gasteiger partial charge on any atom is 0.475 e. The summed E-state index contributed by atoms with van der Waals surface area (Å²) in [5.74, 6) is -1.87. The molecule has 1 aliphatic rings. The van der Waals surface area contributed by atoms with Crippen LogP contribution in [0.4, 0.5) is 0 Å². The van der Waals surface area contributed by atoms with Gasteiger partial charge in [0.2, 0.25) is 11.8 Å². The summed E-state index contributed by atoms with van der Waals surface area (Å²) in [6.07, 6.45) is 2.47. The van der Waals surface area contributed by atoms with E-state index in [0.717, 1.165) is 12.0 Å². The molecule has 1 aromatic carbocycles. The molecule has 0 spiro atoms. The number of aliphatic hydroxyl groups is 1. The molecule has 27 heavy (non-hydrogen) atoms. The first kappa shape index (κ1) is 21.4. The highest BCUT2D eigenvalue weighted by atomic mass is 16.4. The smallest absolute Gasteiger partial charge is 0.426 e. The van der Waals surface area contributed by atoms with Crippen LogP contribution in [0.3, 0.4) is 0 Å². The summed E-state index contributed by atoms with van der Waals surface area (Å²) >= 11 is 0. The average Bonchev–Trinajstić information content (AvgIpc) is 2.64. The third kappa shape index (κ3) is 6.05. The Morgan fingerprint density at radius 3 is 2.44 bits per heavy atom. The summed E-state index contributed by atoms with van der Waals surface area (Å²) < 4.78 is 0. The minimum Gasteiger partial charge on any atom is -0.426 e. The molecule has 1 aliphatic carbocycles. The van der Waals surface area contributed by atoms with Gasteiger partial charge in [0, 0.05) is 5.92 Å². The Hall–Kier alpha value is -1.90. The van der Waals surface area contributed by atoms with Crippen LogP contribution in [0.5, 0.6) is 0 Å². The zero-order valence-electron chi connectivity index (χ0n) is 15.9. The minimum absolute atomic E-state index is 0.140. The molecule has 0 bridgehead atoms. The maximum absolute atomic E-state index is 12.6. The van der Waals surface area contributed by atoms with E-state index in [0.29, 0.717) is 19.3 Å². The second-order valence-electron chi connectivity index (χ2n) is 7.61. The highest BCUT2D eigenvalue weighted by molar-refractivity contribution is 6.43. The Kier molecular flexibility index (Phi) is 7.83. The molecule has 0 radical (unpaired) electrons. The molecule has 2 rings (SSSR count). The molecule has 148 valence electrons. The molecule has 8 heteroatoms. The van der Waals surface area contributed by atoms with Gasteiger partial charge in [-0.2, -0.15) is 0 Å². The molecule has 3 atom stereocenters. The summed E-state index contributed by atoms with van der Waals surface area (Å²) in [6.45, 7) is 3.23. The number of nitrogens with one attached hydrogen (secondary N) is 2. The van der Waals surface area contributed by atoms with Gasteiger partial charge in [0.25, 0.3) is 0 Å². The SMILES string of the molecule is CC(C)C[C@H](NC(=O)[C@H](CO)NC(=O)[C@H]1CCc2ccccc2C1)B(O)O. The normalized spacial score (nSPS) is 18.4. The molecular formula is C19H29BN2O5. The number of fused-ring (bicyclic) bond motifs is 1. The van der Waals surface area contributed by atoms with Gasteiger partial charge in [0.05, 0.1) is 12.5 Å². The fourth-order valence-electron chi connectivity index (χ4n) is 3.45. The lowest BCUT2D eigenvalue weighted by Gasteiger charge is -2.27. The average molecular weight is 376 g/mol. The van der Waals surface area contributed by atoms with Gasteiger partial charge in [-0.3, -0.25) is 9.59 Å². The third-order valence-corrected chi connectivity index (χ3v) is 4.95. The summed E-state index contributed by atoms with van der Waals surface area (Å²) in [5, 5.41) is 33.5. The summed E-state index contributed by atoms with van der Waals surface area (Å²) in [6, 6.07) is 6.86. The predicted octanol–water partition coefficient (Wildman–Crippen LogP) is -0.188. The van der Waals surface area contributed by atoms with Gasteiger partial charge >= 0.3 is 7.12 Å². The minimum atomic E-state index is -1.71. The van der Waals surface area contributed by atoms with Gasteiger partial charge in [0.1, 0.15) is 6.04 Å². The van der Waals surface area contributed by atoms with E-state index in [1.165, 1.54) is 5.56 Å². The maximum atomic E-state index is 12.6. The summed E-state index contributed by atoms with van der Waals surface area (Å²) in [4.78, 5) is 25.0. The van der Waals surface area contributed by atoms with Crippen molar-refractivity contribution in [3.63, 3.8) is 0 Å². The fourth-order valence-corrected chi connectivity index (χ4v) is 3.45. The largest absolute Gasteiger partial charge is 0.475 e. The van der Waals surface area contributed by atoms with E-state index in [1.54, 1.807) is 0 Å². The van der Waals surface area contributed by atoms with Crippen LogP contribution in [0.1, 0.15) is 37.8 Å². The Morgan fingerprint density at radius 1 is 1.19 bits per heavy atom. The Labute approximate surface area is 160 Å². The van der Waals surface area contributed by atoms with Crippen LogP contribution in [0, 0.1) is 11.8 Å².